The van der Waals surface area contributed by atoms with Crippen LogP contribution in [0.15, 0.2) is 18.5 Å². The number of nitrogens with zero attached hydrogens (tertiary/aromatic N) is 1. The second-order valence-corrected chi connectivity index (χ2v) is 5.01. The van der Waals surface area contributed by atoms with Crippen LogP contribution in [-0.4, -0.2) is 35.9 Å². The van der Waals surface area contributed by atoms with Gasteiger partial charge in [-0.05, 0) is 24.0 Å². The average molecular weight is 237 g/mol. The quantitative estimate of drug-likeness (QED) is 0.789. The van der Waals surface area contributed by atoms with E-state index < -0.39 is 0 Å². The molecule has 17 heavy (non-hydrogen) atoms. The lowest BCUT2D eigenvalue weighted by atomic mass is 10.0. The number of nitrogens with one attached hydrogen (secondary N) is 2. The monoisotopic (exact) mass is 237 g/mol. The van der Waals surface area contributed by atoms with Gasteiger partial charge in [-0.25, -0.2) is 0 Å². The third-order valence-corrected chi connectivity index (χ3v) is 2.66. The van der Waals surface area contributed by atoms with Crippen LogP contribution in [0.3, 0.4) is 0 Å². The molecule has 4 nitrogen and oxygen atoms in total. The van der Waals surface area contributed by atoms with Gasteiger partial charge in [-0.1, -0.05) is 13.8 Å². The molecule has 1 amide bonds. The molecule has 0 fully saturated rings. The summed E-state index contributed by atoms with van der Waals surface area (Å²) in [4.78, 5) is 16.7. The maximum absolute atomic E-state index is 12.0. The molecule has 0 saturated heterocycles. The minimum absolute atomic E-state index is 0.0973. The zero-order valence-electron chi connectivity index (χ0n) is 11.2. The minimum Gasteiger partial charge on any atom is -0.367 e. The summed E-state index contributed by atoms with van der Waals surface area (Å²) in [6.07, 6.45) is 4.70. The van der Waals surface area contributed by atoms with Crippen molar-refractivity contribution in [2.24, 2.45) is 5.92 Å². The van der Waals surface area contributed by atoms with Crippen LogP contribution in [0.2, 0.25) is 0 Å². The Kier molecular flexibility index (Phi) is 5.22. The number of H-pyrrole nitrogens is 1. The van der Waals surface area contributed by atoms with Crippen molar-refractivity contribution in [1.29, 1.82) is 0 Å². The molecule has 1 rings (SSSR count). The Bertz CT molecular complexity index is 330. The number of carbonyl (C=O) groups excluding carboxylic acids is 1. The van der Waals surface area contributed by atoms with E-state index in [0.29, 0.717) is 5.92 Å². The van der Waals surface area contributed by atoms with E-state index in [1.165, 1.54) is 5.56 Å². The van der Waals surface area contributed by atoms with E-state index in [1.807, 2.05) is 18.5 Å². The summed E-state index contributed by atoms with van der Waals surface area (Å²) < 4.78 is 0. The molecule has 0 aromatic carbocycles. The largest absolute Gasteiger partial charge is 0.367 e. The van der Waals surface area contributed by atoms with Crippen LogP contribution in [0.1, 0.15) is 25.8 Å². The van der Waals surface area contributed by atoms with Gasteiger partial charge in [0.05, 0.1) is 6.04 Å². The molecule has 0 spiro atoms. The molecular weight excluding hydrogens is 214 g/mol. The van der Waals surface area contributed by atoms with E-state index >= 15 is 0 Å². The third-order valence-electron chi connectivity index (χ3n) is 2.66. The van der Waals surface area contributed by atoms with Gasteiger partial charge < -0.3 is 15.2 Å². The van der Waals surface area contributed by atoms with Gasteiger partial charge in [-0.15, -0.1) is 0 Å². The van der Waals surface area contributed by atoms with Crippen LogP contribution < -0.4 is 5.32 Å². The first kappa shape index (κ1) is 13.8. The Labute approximate surface area is 103 Å². The van der Waals surface area contributed by atoms with Gasteiger partial charge in [0.25, 0.3) is 0 Å². The lowest BCUT2D eigenvalue weighted by Crippen LogP contribution is -2.44. The van der Waals surface area contributed by atoms with Gasteiger partial charge in [-0.3, -0.25) is 4.79 Å². The summed E-state index contributed by atoms with van der Waals surface area (Å²) in [5, 5.41) is 3.32. The number of hydrogen-bond donors (Lipinski definition) is 2. The highest BCUT2D eigenvalue weighted by atomic mass is 16.2. The second kappa shape index (κ2) is 6.45. The van der Waals surface area contributed by atoms with Gasteiger partial charge in [0.1, 0.15) is 0 Å². The lowest BCUT2D eigenvalue weighted by molar-refractivity contribution is -0.131. The van der Waals surface area contributed by atoms with Crippen molar-refractivity contribution in [3.63, 3.8) is 0 Å². The van der Waals surface area contributed by atoms with Gasteiger partial charge in [0.15, 0.2) is 0 Å². The van der Waals surface area contributed by atoms with Crippen LogP contribution in [0.4, 0.5) is 0 Å². The first-order valence-corrected chi connectivity index (χ1v) is 6.07. The molecule has 1 unspecified atom stereocenters. The number of amides is 1. The van der Waals surface area contributed by atoms with Gasteiger partial charge >= 0.3 is 0 Å². The number of aromatic nitrogens is 1. The van der Waals surface area contributed by atoms with E-state index in [9.17, 15) is 4.79 Å². The van der Waals surface area contributed by atoms with E-state index in [0.717, 1.165) is 13.0 Å². The molecule has 2 N–H and O–H groups in total. The first-order valence-electron chi connectivity index (χ1n) is 6.07. The first-order chi connectivity index (χ1) is 8.00. The molecule has 0 radical (unpaired) electrons. The number of carbonyl (C=O) groups is 1. The molecule has 4 heteroatoms. The fourth-order valence-electron chi connectivity index (χ4n) is 1.76. The predicted molar refractivity (Wildman–Crippen MR) is 69.6 cm³/mol. The summed E-state index contributed by atoms with van der Waals surface area (Å²) >= 11 is 0. The van der Waals surface area contributed by atoms with E-state index in [1.54, 1.807) is 19.0 Å². The second-order valence-electron chi connectivity index (χ2n) is 5.01. The molecule has 1 aromatic heterocycles. The summed E-state index contributed by atoms with van der Waals surface area (Å²) in [7, 11) is 3.60. The molecule has 0 aliphatic heterocycles. The highest BCUT2D eigenvalue weighted by molar-refractivity contribution is 5.81. The van der Waals surface area contributed by atoms with Crippen LogP contribution >= 0.6 is 0 Å². The molecule has 96 valence electrons. The van der Waals surface area contributed by atoms with Crippen molar-refractivity contribution in [2.45, 2.75) is 32.9 Å². The summed E-state index contributed by atoms with van der Waals surface area (Å²) in [6.45, 7) is 4.99. The Balaban J connectivity index is 2.54. The molecular formula is C13H23N3O. The fourth-order valence-corrected chi connectivity index (χ4v) is 1.76. The van der Waals surface area contributed by atoms with Crippen molar-refractivity contribution >= 4 is 5.91 Å². The maximum atomic E-state index is 12.0. The lowest BCUT2D eigenvalue weighted by Gasteiger charge is -2.23. The highest BCUT2D eigenvalue weighted by Crippen LogP contribution is 2.08. The fraction of sp³-hybridized carbons (Fsp3) is 0.615. The highest BCUT2D eigenvalue weighted by Gasteiger charge is 2.20. The number of aromatic amines is 1. The zero-order chi connectivity index (χ0) is 12.8. The van der Waals surface area contributed by atoms with E-state index in [4.69, 9.17) is 0 Å². The van der Waals surface area contributed by atoms with Crippen molar-refractivity contribution in [1.82, 2.24) is 15.2 Å². The van der Waals surface area contributed by atoms with Crippen LogP contribution in [0, 0.1) is 5.92 Å². The minimum atomic E-state index is -0.0973. The molecule has 1 heterocycles. The smallest absolute Gasteiger partial charge is 0.239 e. The number of hydrogen-bond acceptors (Lipinski definition) is 2. The summed E-state index contributed by atoms with van der Waals surface area (Å²) in [6, 6.07) is 1.92. The summed E-state index contributed by atoms with van der Waals surface area (Å²) in [5.74, 6) is 0.650. The molecule has 0 aliphatic carbocycles. The van der Waals surface area contributed by atoms with Crippen molar-refractivity contribution in [2.75, 3.05) is 14.1 Å². The van der Waals surface area contributed by atoms with Crippen molar-refractivity contribution < 1.29 is 4.79 Å². The topological polar surface area (TPSA) is 48.1 Å². The maximum Gasteiger partial charge on any atom is 0.239 e. The molecule has 0 aliphatic rings. The van der Waals surface area contributed by atoms with Gasteiger partial charge in [-0.2, -0.15) is 0 Å². The molecule has 0 saturated carbocycles. The SMILES string of the molecule is CC(C)CC(NCc1cc[nH]c1)C(=O)N(C)C. The van der Waals surface area contributed by atoms with Crippen molar-refractivity contribution in [3.05, 3.63) is 24.0 Å². The summed E-state index contributed by atoms with van der Waals surface area (Å²) in [5.41, 5.74) is 1.17. The Morgan fingerprint density at radius 1 is 1.47 bits per heavy atom. The normalized spacial score (nSPS) is 12.8. The molecule has 1 aromatic rings. The van der Waals surface area contributed by atoms with Gasteiger partial charge in [0.2, 0.25) is 5.91 Å². The van der Waals surface area contributed by atoms with Crippen molar-refractivity contribution in [3.8, 4) is 0 Å². The Morgan fingerprint density at radius 3 is 2.65 bits per heavy atom. The van der Waals surface area contributed by atoms with E-state index in [-0.39, 0.29) is 11.9 Å². The van der Waals surface area contributed by atoms with Crippen LogP contribution in [0.25, 0.3) is 0 Å². The Hall–Kier alpha value is -1.29. The predicted octanol–water partition coefficient (Wildman–Crippen LogP) is 1.61. The van der Waals surface area contributed by atoms with Crippen LogP contribution in [0.5, 0.6) is 0 Å². The molecule has 1 atom stereocenters. The van der Waals surface area contributed by atoms with Crippen LogP contribution in [-0.2, 0) is 11.3 Å². The number of likely N-dealkylation sites (N-methyl/N-ethyl adjacent to an activating group) is 1. The van der Waals surface area contributed by atoms with Gasteiger partial charge in [0, 0.05) is 33.0 Å². The molecule has 0 bridgehead atoms. The standard InChI is InChI=1S/C13H23N3O/c1-10(2)7-12(13(17)16(3)4)15-9-11-5-6-14-8-11/h5-6,8,10,12,14-15H,7,9H2,1-4H3. The Morgan fingerprint density at radius 2 is 2.18 bits per heavy atom. The third kappa shape index (κ3) is 4.61. The van der Waals surface area contributed by atoms with E-state index in [2.05, 4.69) is 24.1 Å². The zero-order valence-corrected chi connectivity index (χ0v) is 11.2. The number of rotatable bonds is 6. The average Bonchev–Trinajstić information content (AvgIpc) is 2.75.